The molecule has 1 aliphatic heterocycles. The van der Waals surface area contributed by atoms with E-state index in [-0.39, 0.29) is 11.5 Å². The van der Waals surface area contributed by atoms with Gasteiger partial charge in [-0.15, -0.1) is 0 Å². The van der Waals surface area contributed by atoms with Gasteiger partial charge in [0.1, 0.15) is 0 Å². The van der Waals surface area contributed by atoms with Gasteiger partial charge in [0.15, 0.2) is 5.76 Å². The highest BCUT2D eigenvalue weighted by Crippen LogP contribution is 2.17. The molecule has 0 aromatic carbocycles. The fourth-order valence-corrected chi connectivity index (χ4v) is 1.11. The summed E-state index contributed by atoms with van der Waals surface area (Å²) < 4.78 is 4.86. The van der Waals surface area contributed by atoms with Crippen LogP contribution in [-0.2, 0) is 9.53 Å². The van der Waals surface area contributed by atoms with Gasteiger partial charge in [-0.1, -0.05) is 0 Å². The molecule has 1 aliphatic rings. The Morgan fingerprint density at radius 3 is 2.85 bits per heavy atom. The van der Waals surface area contributed by atoms with Crippen molar-refractivity contribution in [3.05, 3.63) is 23.8 Å². The first-order valence-corrected chi connectivity index (χ1v) is 3.82. The van der Waals surface area contributed by atoms with Crippen LogP contribution in [-0.4, -0.2) is 23.7 Å². The van der Waals surface area contributed by atoms with Crippen molar-refractivity contribution in [3.63, 3.8) is 0 Å². The van der Waals surface area contributed by atoms with E-state index in [1.807, 2.05) is 0 Å². The minimum atomic E-state index is -1.15. The summed E-state index contributed by atoms with van der Waals surface area (Å²) >= 11 is 0. The van der Waals surface area contributed by atoms with Gasteiger partial charge in [-0.3, -0.25) is 4.79 Å². The quantitative estimate of drug-likeness (QED) is 0.501. The van der Waals surface area contributed by atoms with Crippen LogP contribution in [0.4, 0.5) is 0 Å². The van der Waals surface area contributed by atoms with E-state index in [1.165, 1.54) is 19.4 Å². The molecule has 13 heavy (non-hydrogen) atoms. The molecule has 0 spiro atoms. The second-order valence-electron chi connectivity index (χ2n) is 3.01. The Bertz CT molecular complexity index is 296. The number of quaternary nitrogens is 1. The average molecular weight is 185 g/mol. The highest BCUT2D eigenvalue weighted by Gasteiger charge is 2.43. The molecular weight excluding hydrogens is 172 g/mol. The third-order valence-electron chi connectivity index (χ3n) is 2.13. The van der Waals surface area contributed by atoms with Gasteiger partial charge in [-0.25, -0.2) is 0 Å². The molecule has 0 fully saturated rings. The molecule has 1 rings (SSSR count). The zero-order chi connectivity index (χ0) is 10.1. The summed E-state index contributed by atoms with van der Waals surface area (Å²) in [4.78, 5) is 11.1. The fraction of sp³-hybridized carbons (Fsp3) is 0.375. The lowest BCUT2D eigenvalue weighted by molar-refractivity contribution is -0.644. The number of primary amides is 1. The summed E-state index contributed by atoms with van der Waals surface area (Å²) in [6, 6.07) is 0. The molecule has 1 atom stereocenters. The van der Waals surface area contributed by atoms with E-state index in [1.54, 1.807) is 12.3 Å². The van der Waals surface area contributed by atoms with Gasteiger partial charge in [-0.05, 0) is 0 Å². The Kier molecular flexibility index (Phi) is 2.29. The van der Waals surface area contributed by atoms with Crippen molar-refractivity contribution in [2.24, 2.45) is 5.73 Å². The third-order valence-corrected chi connectivity index (χ3v) is 2.13. The Balaban J connectivity index is 3.12. The van der Waals surface area contributed by atoms with Crippen molar-refractivity contribution in [1.82, 2.24) is 0 Å². The van der Waals surface area contributed by atoms with E-state index in [4.69, 9.17) is 10.5 Å². The lowest BCUT2D eigenvalue weighted by atomic mass is 9.96. The Morgan fingerprint density at radius 2 is 2.38 bits per heavy atom. The maximum atomic E-state index is 11.1. The number of hydrogen-bond donors (Lipinski definition) is 3. The second-order valence-corrected chi connectivity index (χ2v) is 3.01. The maximum Gasteiger partial charge on any atom is 0.287 e. The van der Waals surface area contributed by atoms with Gasteiger partial charge in [0.25, 0.3) is 5.91 Å². The van der Waals surface area contributed by atoms with Crippen LogP contribution in [0.25, 0.3) is 0 Å². The SMILES string of the molecule is COC1=C(O)C(C)(C(N)=O)[NH2+]C=C1. The van der Waals surface area contributed by atoms with Crippen molar-refractivity contribution in [2.75, 3.05) is 7.11 Å². The zero-order valence-corrected chi connectivity index (χ0v) is 7.57. The molecule has 0 bridgehead atoms. The lowest BCUT2D eigenvalue weighted by Gasteiger charge is -2.24. The molecule has 72 valence electrons. The number of carbonyl (C=O) groups is 1. The molecule has 5 heteroatoms. The molecule has 0 aromatic heterocycles. The number of nitrogens with two attached hydrogens (primary N) is 2. The van der Waals surface area contributed by atoms with E-state index in [2.05, 4.69) is 0 Å². The number of carbonyl (C=O) groups excluding carboxylic acids is 1. The number of aliphatic hydroxyl groups excluding tert-OH is 1. The van der Waals surface area contributed by atoms with E-state index < -0.39 is 11.4 Å². The Labute approximate surface area is 75.9 Å². The molecule has 0 aromatic rings. The number of allylic oxidation sites excluding steroid dienone is 1. The standard InChI is InChI=1S/C8H12N2O3/c1-8(7(9)12)6(11)5(13-2)3-4-10-8/h3-4,10-11H,1-2H3,(H2,9,12)/p+1. The van der Waals surface area contributed by atoms with Crippen molar-refractivity contribution in [2.45, 2.75) is 12.5 Å². The van der Waals surface area contributed by atoms with E-state index in [0.29, 0.717) is 0 Å². The first-order valence-electron chi connectivity index (χ1n) is 3.82. The number of rotatable bonds is 2. The van der Waals surface area contributed by atoms with E-state index in [9.17, 15) is 9.90 Å². The van der Waals surface area contributed by atoms with Gasteiger partial charge >= 0.3 is 0 Å². The number of ether oxygens (including phenoxy) is 1. The van der Waals surface area contributed by atoms with Crippen LogP contribution < -0.4 is 11.1 Å². The average Bonchev–Trinajstić information content (AvgIpc) is 2.09. The van der Waals surface area contributed by atoms with Gasteiger partial charge in [0.2, 0.25) is 11.3 Å². The number of amides is 1. The molecule has 1 amide bonds. The molecule has 0 saturated heterocycles. The van der Waals surface area contributed by atoms with Crippen molar-refractivity contribution < 1.29 is 20.0 Å². The first-order chi connectivity index (χ1) is 6.02. The normalized spacial score (nSPS) is 27.5. The summed E-state index contributed by atoms with van der Waals surface area (Å²) in [5, 5.41) is 11.2. The molecule has 1 heterocycles. The molecular formula is C8H13N2O3+. The van der Waals surface area contributed by atoms with Crippen molar-refractivity contribution in [3.8, 4) is 0 Å². The highest BCUT2D eigenvalue weighted by atomic mass is 16.5. The highest BCUT2D eigenvalue weighted by molar-refractivity contribution is 5.85. The molecule has 0 aliphatic carbocycles. The monoisotopic (exact) mass is 185 g/mol. The van der Waals surface area contributed by atoms with E-state index in [0.717, 1.165) is 0 Å². The van der Waals surface area contributed by atoms with Crippen LogP contribution in [0.3, 0.4) is 0 Å². The lowest BCUT2D eigenvalue weighted by Crippen LogP contribution is -2.96. The van der Waals surface area contributed by atoms with Gasteiger partial charge in [-0.2, -0.15) is 0 Å². The van der Waals surface area contributed by atoms with Crippen LogP contribution in [0.5, 0.6) is 0 Å². The summed E-state index contributed by atoms with van der Waals surface area (Å²) in [5.41, 5.74) is 4.00. The minimum absolute atomic E-state index is 0.148. The van der Waals surface area contributed by atoms with Crippen molar-refractivity contribution in [1.29, 1.82) is 0 Å². The number of hydrogen-bond acceptors (Lipinski definition) is 3. The van der Waals surface area contributed by atoms with Crippen LogP contribution in [0, 0.1) is 0 Å². The molecule has 0 saturated carbocycles. The predicted molar refractivity (Wildman–Crippen MR) is 45.3 cm³/mol. The number of aliphatic hydroxyl groups is 1. The summed E-state index contributed by atoms with van der Waals surface area (Å²) in [6.07, 6.45) is 3.20. The fourth-order valence-electron chi connectivity index (χ4n) is 1.11. The van der Waals surface area contributed by atoms with Crippen LogP contribution >= 0.6 is 0 Å². The van der Waals surface area contributed by atoms with Gasteiger partial charge in [0.05, 0.1) is 13.3 Å². The summed E-state index contributed by atoms with van der Waals surface area (Å²) in [5.74, 6) is -0.488. The zero-order valence-electron chi connectivity index (χ0n) is 7.57. The third kappa shape index (κ3) is 1.38. The summed E-state index contributed by atoms with van der Waals surface area (Å²) in [7, 11) is 1.42. The first kappa shape index (κ1) is 9.60. The molecule has 5 nitrogen and oxygen atoms in total. The van der Waals surface area contributed by atoms with E-state index >= 15 is 0 Å². The predicted octanol–water partition coefficient (Wildman–Crippen LogP) is -1.26. The van der Waals surface area contributed by atoms with Gasteiger partial charge in [0, 0.05) is 13.0 Å². The molecule has 5 N–H and O–H groups in total. The minimum Gasteiger partial charge on any atom is -0.503 e. The van der Waals surface area contributed by atoms with Crippen LogP contribution in [0.15, 0.2) is 23.8 Å². The van der Waals surface area contributed by atoms with Gasteiger partial charge < -0.3 is 20.9 Å². The van der Waals surface area contributed by atoms with Crippen LogP contribution in [0.1, 0.15) is 6.92 Å². The van der Waals surface area contributed by atoms with Crippen LogP contribution in [0.2, 0.25) is 0 Å². The topological polar surface area (TPSA) is 89.2 Å². The largest absolute Gasteiger partial charge is 0.503 e. The Morgan fingerprint density at radius 1 is 1.77 bits per heavy atom. The Hall–Kier alpha value is -1.49. The number of methoxy groups -OCH3 is 1. The maximum absolute atomic E-state index is 11.1. The summed E-state index contributed by atoms with van der Waals surface area (Å²) in [6.45, 7) is 1.53. The molecule has 1 unspecified atom stereocenters. The van der Waals surface area contributed by atoms with Crippen molar-refractivity contribution >= 4 is 5.91 Å². The smallest absolute Gasteiger partial charge is 0.287 e. The molecule has 0 radical (unpaired) electrons. The second kappa shape index (κ2) is 3.10.